The second-order valence-corrected chi connectivity index (χ2v) is 5.56. The van der Waals surface area contributed by atoms with Gasteiger partial charge in [0.15, 0.2) is 0 Å². The van der Waals surface area contributed by atoms with Crippen LogP contribution >= 0.6 is 0 Å². The zero-order valence-electron chi connectivity index (χ0n) is 11.3. The van der Waals surface area contributed by atoms with Crippen molar-refractivity contribution < 1.29 is 9.53 Å². The molecular weight excluding hydrogens is 240 g/mol. The monoisotopic (exact) mass is 260 g/mol. The van der Waals surface area contributed by atoms with Gasteiger partial charge >= 0.3 is 0 Å². The van der Waals surface area contributed by atoms with E-state index in [-0.39, 0.29) is 17.9 Å². The van der Waals surface area contributed by atoms with Crippen LogP contribution in [-0.4, -0.2) is 25.2 Å². The van der Waals surface area contributed by atoms with Crippen LogP contribution in [0.2, 0.25) is 0 Å². The van der Waals surface area contributed by atoms with E-state index in [4.69, 9.17) is 10.5 Å². The lowest BCUT2D eigenvalue weighted by atomic mass is 10.00. The molecule has 2 heterocycles. The van der Waals surface area contributed by atoms with E-state index < -0.39 is 0 Å². The SMILES string of the molecule is CC1Cc2cc(N)ccc2N1C(=O)C1CCCOC1. The van der Waals surface area contributed by atoms with Crippen molar-refractivity contribution in [2.45, 2.75) is 32.2 Å². The van der Waals surface area contributed by atoms with Gasteiger partial charge in [-0.3, -0.25) is 4.79 Å². The summed E-state index contributed by atoms with van der Waals surface area (Å²) in [4.78, 5) is 14.6. The first kappa shape index (κ1) is 12.5. The standard InChI is InChI=1S/C15H20N2O2/c1-10-7-12-8-13(16)4-5-14(12)17(10)15(18)11-3-2-6-19-9-11/h4-5,8,10-11H,2-3,6-7,9,16H2,1H3. The highest BCUT2D eigenvalue weighted by Crippen LogP contribution is 2.35. The Morgan fingerprint density at radius 2 is 2.32 bits per heavy atom. The van der Waals surface area contributed by atoms with Crippen LogP contribution in [-0.2, 0) is 16.0 Å². The number of carbonyl (C=O) groups excluding carboxylic acids is 1. The van der Waals surface area contributed by atoms with E-state index in [1.807, 2.05) is 23.1 Å². The molecule has 0 aromatic heterocycles. The van der Waals surface area contributed by atoms with Crippen molar-refractivity contribution in [1.29, 1.82) is 0 Å². The number of ether oxygens (including phenoxy) is 1. The van der Waals surface area contributed by atoms with Crippen molar-refractivity contribution in [2.75, 3.05) is 23.8 Å². The van der Waals surface area contributed by atoms with Crippen LogP contribution in [0.5, 0.6) is 0 Å². The number of hydrogen-bond acceptors (Lipinski definition) is 3. The topological polar surface area (TPSA) is 55.6 Å². The van der Waals surface area contributed by atoms with Gasteiger partial charge in [0.25, 0.3) is 0 Å². The molecule has 1 saturated heterocycles. The molecule has 19 heavy (non-hydrogen) atoms. The third kappa shape index (κ3) is 2.21. The maximum Gasteiger partial charge on any atom is 0.232 e. The Bertz CT molecular complexity index is 495. The normalized spacial score (nSPS) is 26.3. The van der Waals surface area contributed by atoms with Crippen LogP contribution < -0.4 is 10.6 Å². The van der Waals surface area contributed by atoms with Gasteiger partial charge < -0.3 is 15.4 Å². The Hall–Kier alpha value is -1.55. The van der Waals surface area contributed by atoms with Crippen LogP contribution in [0.15, 0.2) is 18.2 Å². The molecule has 2 aliphatic heterocycles. The first-order valence-electron chi connectivity index (χ1n) is 6.96. The summed E-state index contributed by atoms with van der Waals surface area (Å²) in [5, 5.41) is 0. The fraction of sp³-hybridized carbons (Fsp3) is 0.533. The maximum atomic E-state index is 12.7. The van der Waals surface area contributed by atoms with Gasteiger partial charge in [-0.05, 0) is 49.9 Å². The highest BCUT2D eigenvalue weighted by atomic mass is 16.5. The largest absolute Gasteiger partial charge is 0.399 e. The Morgan fingerprint density at radius 1 is 1.47 bits per heavy atom. The van der Waals surface area contributed by atoms with Crippen LogP contribution in [0.25, 0.3) is 0 Å². The predicted molar refractivity (Wildman–Crippen MR) is 75.0 cm³/mol. The molecule has 1 fully saturated rings. The molecule has 0 radical (unpaired) electrons. The molecule has 1 amide bonds. The summed E-state index contributed by atoms with van der Waals surface area (Å²) in [5.74, 6) is 0.218. The summed E-state index contributed by atoms with van der Waals surface area (Å²) in [6.45, 7) is 3.44. The van der Waals surface area contributed by atoms with Gasteiger partial charge in [0.2, 0.25) is 5.91 Å². The van der Waals surface area contributed by atoms with Gasteiger partial charge in [-0.1, -0.05) is 0 Å². The zero-order chi connectivity index (χ0) is 13.4. The van der Waals surface area contributed by atoms with Gasteiger partial charge in [-0.2, -0.15) is 0 Å². The van der Waals surface area contributed by atoms with Crippen LogP contribution in [0, 0.1) is 5.92 Å². The molecule has 0 aliphatic carbocycles. The molecule has 4 nitrogen and oxygen atoms in total. The number of nitrogens with two attached hydrogens (primary N) is 1. The number of nitrogens with zero attached hydrogens (tertiary/aromatic N) is 1. The Kier molecular flexibility index (Phi) is 3.19. The molecule has 0 saturated carbocycles. The number of rotatable bonds is 1. The van der Waals surface area contributed by atoms with E-state index in [2.05, 4.69) is 6.92 Å². The highest BCUT2D eigenvalue weighted by molar-refractivity contribution is 5.98. The lowest BCUT2D eigenvalue weighted by Gasteiger charge is -2.29. The molecule has 1 aromatic carbocycles. The quantitative estimate of drug-likeness (QED) is 0.785. The highest BCUT2D eigenvalue weighted by Gasteiger charge is 2.35. The fourth-order valence-corrected chi connectivity index (χ4v) is 3.12. The molecule has 3 rings (SSSR count). The van der Waals surface area contributed by atoms with Crippen molar-refractivity contribution in [2.24, 2.45) is 5.92 Å². The minimum Gasteiger partial charge on any atom is -0.399 e. The third-order valence-corrected chi connectivity index (χ3v) is 4.07. The number of hydrogen-bond donors (Lipinski definition) is 1. The molecule has 0 bridgehead atoms. The molecular formula is C15H20N2O2. The fourth-order valence-electron chi connectivity index (χ4n) is 3.12. The number of fused-ring (bicyclic) bond motifs is 1. The van der Waals surface area contributed by atoms with Gasteiger partial charge in [0.1, 0.15) is 0 Å². The molecule has 4 heteroatoms. The first-order valence-corrected chi connectivity index (χ1v) is 6.96. The first-order chi connectivity index (χ1) is 9.16. The van der Waals surface area contributed by atoms with Crippen molar-refractivity contribution in [3.8, 4) is 0 Å². The number of carbonyl (C=O) groups is 1. The summed E-state index contributed by atoms with van der Waals surface area (Å²) in [5.41, 5.74) is 8.79. The molecule has 2 unspecified atom stereocenters. The van der Waals surface area contributed by atoms with Crippen molar-refractivity contribution >= 4 is 17.3 Å². The second kappa shape index (κ2) is 4.85. The Morgan fingerprint density at radius 3 is 3.05 bits per heavy atom. The summed E-state index contributed by atoms with van der Waals surface area (Å²) >= 11 is 0. The van der Waals surface area contributed by atoms with E-state index in [9.17, 15) is 4.79 Å². The zero-order valence-corrected chi connectivity index (χ0v) is 11.3. The Balaban J connectivity index is 1.86. The lowest BCUT2D eigenvalue weighted by Crippen LogP contribution is -2.42. The van der Waals surface area contributed by atoms with Gasteiger partial charge in [0, 0.05) is 24.0 Å². The number of nitrogen functional groups attached to an aromatic ring is 1. The van der Waals surface area contributed by atoms with Crippen molar-refractivity contribution in [3.63, 3.8) is 0 Å². The Labute approximate surface area is 113 Å². The molecule has 1 aromatic rings. The summed E-state index contributed by atoms with van der Waals surface area (Å²) in [7, 11) is 0. The predicted octanol–water partition coefficient (Wildman–Crippen LogP) is 1.97. The van der Waals surface area contributed by atoms with E-state index >= 15 is 0 Å². The van der Waals surface area contributed by atoms with Gasteiger partial charge in [-0.25, -0.2) is 0 Å². The number of anilines is 2. The summed E-state index contributed by atoms with van der Waals surface area (Å²) < 4.78 is 5.44. The second-order valence-electron chi connectivity index (χ2n) is 5.56. The van der Waals surface area contributed by atoms with Gasteiger partial charge in [0.05, 0.1) is 12.5 Å². The van der Waals surface area contributed by atoms with Crippen molar-refractivity contribution in [3.05, 3.63) is 23.8 Å². The van der Waals surface area contributed by atoms with Crippen molar-refractivity contribution in [1.82, 2.24) is 0 Å². The third-order valence-electron chi connectivity index (χ3n) is 4.07. The minimum absolute atomic E-state index is 0.0136. The average Bonchev–Trinajstić information content (AvgIpc) is 2.74. The lowest BCUT2D eigenvalue weighted by molar-refractivity contribution is -0.126. The molecule has 0 spiro atoms. The molecule has 2 atom stereocenters. The minimum atomic E-state index is 0.0136. The van der Waals surface area contributed by atoms with E-state index in [0.29, 0.717) is 6.61 Å². The van der Waals surface area contributed by atoms with E-state index in [0.717, 1.165) is 37.2 Å². The smallest absolute Gasteiger partial charge is 0.232 e. The molecule has 2 N–H and O–H groups in total. The maximum absolute atomic E-state index is 12.7. The van der Waals surface area contributed by atoms with E-state index in [1.54, 1.807) is 0 Å². The summed E-state index contributed by atoms with van der Waals surface area (Å²) in [6, 6.07) is 6.03. The van der Waals surface area contributed by atoms with Crippen LogP contribution in [0.3, 0.4) is 0 Å². The summed E-state index contributed by atoms with van der Waals surface area (Å²) in [6.07, 6.45) is 2.80. The average molecular weight is 260 g/mol. The number of benzene rings is 1. The van der Waals surface area contributed by atoms with E-state index in [1.165, 1.54) is 5.56 Å². The van der Waals surface area contributed by atoms with Crippen LogP contribution in [0.4, 0.5) is 11.4 Å². The molecule has 102 valence electrons. The van der Waals surface area contributed by atoms with Gasteiger partial charge in [-0.15, -0.1) is 0 Å². The molecule has 2 aliphatic rings. The van der Waals surface area contributed by atoms with Crippen LogP contribution in [0.1, 0.15) is 25.3 Å². The number of amides is 1.